The lowest BCUT2D eigenvalue weighted by Crippen LogP contribution is -2.45. The van der Waals surface area contributed by atoms with Crippen LogP contribution in [0.4, 0.5) is 5.69 Å². The van der Waals surface area contributed by atoms with Gasteiger partial charge in [0.25, 0.3) is 11.8 Å². The van der Waals surface area contributed by atoms with Crippen LogP contribution in [0.5, 0.6) is 0 Å². The van der Waals surface area contributed by atoms with E-state index in [2.05, 4.69) is 5.32 Å². The molecule has 3 amide bonds. The highest BCUT2D eigenvalue weighted by atomic mass is 16.5. The molecular formula is C23H18N2O5. The molecule has 0 aliphatic carbocycles. The van der Waals surface area contributed by atoms with Gasteiger partial charge in [-0.05, 0) is 34.5 Å². The molecule has 0 bridgehead atoms. The molecule has 0 aromatic heterocycles. The van der Waals surface area contributed by atoms with Crippen molar-refractivity contribution in [1.29, 1.82) is 0 Å². The lowest BCUT2D eigenvalue weighted by Gasteiger charge is -2.25. The summed E-state index contributed by atoms with van der Waals surface area (Å²) in [6.45, 7) is -1.05. The van der Waals surface area contributed by atoms with Gasteiger partial charge in [0, 0.05) is 11.3 Å². The van der Waals surface area contributed by atoms with E-state index in [1.165, 1.54) is 0 Å². The molecule has 0 spiro atoms. The maximum atomic E-state index is 12.5. The number of imide groups is 1. The Kier molecular flexibility index (Phi) is 5.26. The van der Waals surface area contributed by atoms with Crippen molar-refractivity contribution in [3.8, 4) is 0 Å². The van der Waals surface area contributed by atoms with Crippen LogP contribution < -0.4 is 5.32 Å². The van der Waals surface area contributed by atoms with Gasteiger partial charge in [0.15, 0.2) is 6.61 Å². The van der Waals surface area contributed by atoms with E-state index in [0.717, 1.165) is 15.7 Å². The van der Waals surface area contributed by atoms with Crippen molar-refractivity contribution < 1.29 is 23.9 Å². The molecule has 1 N–H and O–H groups in total. The second kappa shape index (κ2) is 8.16. The monoisotopic (exact) mass is 402 g/mol. The predicted octanol–water partition coefficient (Wildman–Crippen LogP) is 2.55. The zero-order chi connectivity index (χ0) is 21.1. The van der Waals surface area contributed by atoms with Gasteiger partial charge in [-0.15, -0.1) is 0 Å². The van der Waals surface area contributed by atoms with Gasteiger partial charge in [-0.1, -0.05) is 48.5 Å². The van der Waals surface area contributed by atoms with Crippen molar-refractivity contribution in [2.24, 2.45) is 0 Å². The predicted molar refractivity (Wildman–Crippen MR) is 110 cm³/mol. The Bertz CT molecular complexity index is 1170. The standard InChI is InChI=1S/C23H18N2O5/c26-20(24-18-10-9-15-5-1-2-6-16(15)11-18)14-30-22(28)13-25-21(27)12-17-7-3-4-8-19(17)23(25)29/h1-11H,12-14H2,(H,24,26). The summed E-state index contributed by atoms with van der Waals surface area (Å²) in [7, 11) is 0. The number of amides is 3. The van der Waals surface area contributed by atoms with Gasteiger partial charge in [-0.25, -0.2) is 0 Å². The van der Waals surface area contributed by atoms with Crippen molar-refractivity contribution in [3.63, 3.8) is 0 Å². The van der Waals surface area contributed by atoms with E-state index in [4.69, 9.17) is 4.74 Å². The molecule has 30 heavy (non-hydrogen) atoms. The van der Waals surface area contributed by atoms with Crippen LogP contribution in [0.1, 0.15) is 15.9 Å². The van der Waals surface area contributed by atoms with Crippen LogP contribution in [0.3, 0.4) is 0 Å². The Labute approximate surface area is 172 Å². The fraction of sp³-hybridized carbons (Fsp3) is 0.130. The van der Waals surface area contributed by atoms with Gasteiger partial charge in [-0.2, -0.15) is 0 Å². The lowest BCUT2D eigenvalue weighted by atomic mass is 9.98. The molecule has 0 saturated carbocycles. The maximum absolute atomic E-state index is 12.5. The molecule has 0 unspecified atom stereocenters. The molecule has 1 heterocycles. The van der Waals surface area contributed by atoms with Crippen LogP contribution in [-0.2, 0) is 25.5 Å². The van der Waals surface area contributed by atoms with E-state index >= 15 is 0 Å². The number of anilines is 1. The van der Waals surface area contributed by atoms with Crippen LogP contribution in [-0.4, -0.2) is 41.7 Å². The Morgan fingerprint density at radius 2 is 1.67 bits per heavy atom. The molecule has 3 aromatic rings. The first-order valence-electron chi connectivity index (χ1n) is 9.38. The molecule has 0 radical (unpaired) electrons. The first-order valence-corrected chi connectivity index (χ1v) is 9.38. The molecule has 7 nitrogen and oxygen atoms in total. The minimum absolute atomic E-state index is 0.0393. The van der Waals surface area contributed by atoms with Crippen LogP contribution in [0.25, 0.3) is 10.8 Å². The molecule has 0 saturated heterocycles. The minimum Gasteiger partial charge on any atom is -0.454 e. The molecule has 3 aromatic carbocycles. The van der Waals surface area contributed by atoms with E-state index in [0.29, 0.717) is 16.8 Å². The fourth-order valence-corrected chi connectivity index (χ4v) is 3.35. The van der Waals surface area contributed by atoms with Gasteiger partial charge < -0.3 is 10.1 Å². The van der Waals surface area contributed by atoms with E-state index in [-0.39, 0.29) is 6.42 Å². The van der Waals surface area contributed by atoms with Gasteiger partial charge in [0.05, 0.1) is 6.42 Å². The highest BCUT2D eigenvalue weighted by Crippen LogP contribution is 2.20. The molecule has 1 aliphatic rings. The van der Waals surface area contributed by atoms with Crippen molar-refractivity contribution in [1.82, 2.24) is 4.90 Å². The number of carbonyl (C=O) groups excluding carboxylic acids is 4. The number of ether oxygens (including phenoxy) is 1. The van der Waals surface area contributed by atoms with Crippen molar-refractivity contribution in [2.75, 3.05) is 18.5 Å². The fourth-order valence-electron chi connectivity index (χ4n) is 3.35. The number of esters is 1. The molecule has 0 atom stereocenters. The third-order valence-electron chi connectivity index (χ3n) is 4.82. The molecule has 7 heteroatoms. The number of nitrogens with zero attached hydrogens (tertiary/aromatic N) is 1. The largest absolute Gasteiger partial charge is 0.454 e. The van der Waals surface area contributed by atoms with Gasteiger partial charge >= 0.3 is 5.97 Å². The maximum Gasteiger partial charge on any atom is 0.326 e. The van der Waals surface area contributed by atoms with E-state index < -0.39 is 36.8 Å². The van der Waals surface area contributed by atoms with Crippen LogP contribution >= 0.6 is 0 Å². The summed E-state index contributed by atoms with van der Waals surface area (Å²) >= 11 is 0. The van der Waals surface area contributed by atoms with Gasteiger partial charge in [-0.3, -0.25) is 24.1 Å². The minimum atomic E-state index is -0.829. The number of nitrogens with one attached hydrogen (secondary N) is 1. The quantitative estimate of drug-likeness (QED) is 0.523. The molecule has 0 fully saturated rings. The van der Waals surface area contributed by atoms with Crippen LogP contribution in [0.15, 0.2) is 66.7 Å². The zero-order valence-corrected chi connectivity index (χ0v) is 16.0. The summed E-state index contributed by atoms with van der Waals surface area (Å²) in [5.41, 5.74) is 1.60. The Morgan fingerprint density at radius 1 is 0.933 bits per heavy atom. The summed E-state index contributed by atoms with van der Waals surface area (Å²) in [6, 6.07) is 19.9. The Morgan fingerprint density at radius 3 is 2.50 bits per heavy atom. The van der Waals surface area contributed by atoms with Crippen molar-refractivity contribution in [3.05, 3.63) is 77.9 Å². The van der Waals surface area contributed by atoms with Crippen LogP contribution in [0.2, 0.25) is 0 Å². The van der Waals surface area contributed by atoms with E-state index in [9.17, 15) is 19.2 Å². The number of fused-ring (bicyclic) bond motifs is 2. The number of carbonyl (C=O) groups is 4. The van der Waals surface area contributed by atoms with Crippen LogP contribution in [0, 0.1) is 0 Å². The molecule has 4 rings (SSSR count). The third-order valence-corrected chi connectivity index (χ3v) is 4.82. The first-order chi connectivity index (χ1) is 14.5. The second-order valence-electron chi connectivity index (χ2n) is 6.89. The summed E-state index contributed by atoms with van der Waals surface area (Å²) in [5, 5.41) is 4.67. The van der Waals surface area contributed by atoms with E-state index in [1.54, 1.807) is 30.3 Å². The molecular weight excluding hydrogens is 384 g/mol. The van der Waals surface area contributed by atoms with Crippen molar-refractivity contribution >= 4 is 40.2 Å². The Balaban J connectivity index is 1.32. The van der Waals surface area contributed by atoms with Crippen molar-refractivity contribution in [2.45, 2.75) is 6.42 Å². The summed E-state index contributed by atoms with van der Waals surface area (Å²) in [6.07, 6.45) is 0.0393. The molecule has 150 valence electrons. The second-order valence-corrected chi connectivity index (χ2v) is 6.89. The average Bonchev–Trinajstić information content (AvgIpc) is 2.75. The molecule has 1 aliphatic heterocycles. The third kappa shape index (κ3) is 4.05. The smallest absolute Gasteiger partial charge is 0.326 e. The zero-order valence-electron chi connectivity index (χ0n) is 16.0. The van der Waals surface area contributed by atoms with Gasteiger partial charge in [0.1, 0.15) is 6.54 Å². The highest BCUT2D eigenvalue weighted by Gasteiger charge is 2.32. The summed E-state index contributed by atoms with van der Waals surface area (Å²) in [4.78, 5) is 49.7. The Hall–Kier alpha value is -4.00. The average molecular weight is 402 g/mol. The summed E-state index contributed by atoms with van der Waals surface area (Å²) < 4.78 is 4.95. The first kappa shape index (κ1) is 19.3. The SMILES string of the molecule is O=C(COC(=O)CN1C(=O)Cc2ccccc2C1=O)Nc1ccc2ccccc2c1. The number of benzene rings is 3. The summed E-state index contributed by atoms with van der Waals surface area (Å²) in [5.74, 6) is -2.36. The lowest BCUT2D eigenvalue weighted by molar-refractivity contribution is -0.150. The topological polar surface area (TPSA) is 92.8 Å². The number of hydrogen-bond acceptors (Lipinski definition) is 5. The van der Waals surface area contributed by atoms with Gasteiger partial charge in [0.2, 0.25) is 5.91 Å². The normalized spacial score (nSPS) is 13.1. The number of rotatable bonds is 5. The van der Waals surface area contributed by atoms with E-state index in [1.807, 2.05) is 36.4 Å². The highest BCUT2D eigenvalue weighted by molar-refractivity contribution is 6.11. The number of hydrogen-bond donors (Lipinski definition) is 1.